The second-order valence-corrected chi connectivity index (χ2v) is 6.48. The van der Waals surface area contributed by atoms with E-state index in [2.05, 4.69) is 24.2 Å². The molecule has 0 aromatic heterocycles. The maximum atomic E-state index is 12.3. The van der Waals surface area contributed by atoms with E-state index in [4.69, 9.17) is 0 Å². The molecule has 0 aromatic rings. The molecule has 1 N–H and O–H groups in total. The molecule has 2 fully saturated rings. The molecule has 1 atom stereocenters. The fraction of sp³-hybridized carbons (Fsp3) is 0.938. The van der Waals surface area contributed by atoms with Crippen LogP contribution in [0.4, 0.5) is 0 Å². The van der Waals surface area contributed by atoms with Gasteiger partial charge >= 0.3 is 0 Å². The molecule has 1 aliphatic heterocycles. The number of nitrogens with zero attached hydrogens (tertiary/aromatic N) is 2. The van der Waals surface area contributed by atoms with Gasteiger partial charge in [0.25, 0.3) is 0 Å². The summed E-state index contributed by atoms with van der Waals surface area (Å²) >= 11 is 0. The standard InChI is InChI=1S/C16H31N3O/c1-3-15(14-7-5-4-6-8-14)17-13-16(20)19-11-9-18(2)10-12-19/h14-15,17H,3-13H2,1-2H3. The Bertz CT molecular complexity index is 294. The molecule has 1 unspecified atom stereocenters. The normalized spacial score (nSPS) is 23.8. The van der Waals surface area contributed by atoms with Crippen LogP contribution in [0.3, 0.4) is 0 Å². The molecule has 0 spiro atoms. The second kappa shape index (κ2) is 7.99. The van der Waals surface area contributed by atoms with Gasteiger partial charge in [-0.2, -0.15) is 0 Å². The van der Waals surface area contributed by atoms with Crippen molar-refractivity contribution < 1.29 is 4.79 Å². The summed E-state index contributed by atoms with van der Waals surface area (Å²) in [4.78, 5) is 16.6. The van der Waals surface area contributed by atoms with Crippen LogP contribution in [0.5, 0.6) is 0 Å². The summed E-state index contributed by atoms with van der Waals surface area (Å²) in [5, 5.41) is 3.54. The molecule has 1 saturated carbocycles. The lowest BCUT2D eigenvalue weighted by Crippen LogP contribution is -2.51. The van der Waals surface area contributed by atoms with Crippen molar-refractivity contribution in [1.82, 2.24) is 15.1 Å². The molecule has 1 amide bonds. The lowest BCUT2D eigenvalue weighted by Gasteiger charge is -2.34. The van der Waals surface area contributed by atoms with Gasteiger partial charge in [-0.3, -0.25) is 4.79 Å². The summed E-state index contributed by atoms with van der Waals surface area (Å²) in [5.74, 6) is 1.07. The summed E-state index contributed by atoms with van der Waals surface area (Å²) in [6.07, 6.45) is 7.96. The molecule has 0 radical (unpaired) electrons. The first-order chi connectivity index (χ1) is 9.70. The van der Waals surface area contributed by atoms with Crippen molar-refractivity contribution in [2.75, 3.05) is 39.8 Å². The van der Waals surface area contributed by atoms with Crippen molar-refractivity contribution in [3.8, 4) is 0 Å². The van der Waals surface area contributed by atoms with Gasteiger partial charge in [0.15, 0.2) is 0 Å². The summed E-state index contributed by atoms with van der Waals surface area (Å²) in [6.45, 7) is 6.55. The first kappa shape index (κ1) is 15.8. The summed E-state index contributed by atoms with van der Waals surface area (Å²) in [5.41, 5.74) is 0. The molecule has 2 rings (SSSR count). The van der Waals surface area contributed by atoms with Gasteiger partial charge in [-0.15, -0.1) is 0 Å². The molecule has 1 saturated heterocycles. The fourth-order valence-electron chi connectivity index (χ4n) is 3.57. The minimum atomic E-state index is 0.285. The zero-order chi connectivity index (χ0) is 14.4. The Morgan fingerprint density at radius 2 is 1.80 bits per heavy atom. The SMILES string of the molecule is CCC(NCC(=O)N1CCN(C)CC1)C1CCCCC1. The van der Waals surface area contributed by atoms with E-state index in [-0.39, 0.29) is 5.91 Å². The lowest BCUT2D eigenvalue weighted by molar-refractivity contribution is -0.132. The topological polar surface area (TPSA) is 35.6 Å². The lowest BCUT2D eigenvalue weighted by atomic mass is 9.83. The van der Waals surface area contributed by atoms with Crippen LogP contribution in [0.1, 0.15) is 45.4 Å². The van der Waals surface area contributed by atoms with E-state index < -0.39 is 0 Å². The highest BCUT2D eigenvalue weighted by atomic mass is 16.2. The van der Waals surface area contributed by atoms with Gasteiger partial charge in [0.1, 0.15) is 0 Å². The maximum absolute atomic E-state index is 12.3. The monoisotopic (exact) mass is 281 g/mol. The van der Waals surface area contributed by atoms with Gasteiger partial charge < -0.3 is 15.1 Å². The number of carbonyl (C=O) groups excluding carboxylic acids is 1. The van der Waals surface area contributed by atoms with Crippen molar-refractivity contribution in [3.63, 3.8) is 0 Å². The molecule has 1 aliphatic carbocycles. The number of nitrogens with one attached hydrogen (secondary N) is 1. The molecule has 4 heteroatoms. The Kier molecular flexibility index (Phi) is 6.30. The molecule has 2 aliphatic rings. The van der Waals surface area contributed by atoms with Crippen molar-refractivity contribution in [3.05, 3.63) is 0 Å². The van der Waals surface area contributed by atoms with Crippen molar-refractivity contribution in [1.29, 1.82) is 0 Å². The van der Waals surface area contributed by atoms with Crippen LogP contribution in [-0.4, -0.2) is 61.5 Å². The minimum absolute atomic E-state index is 0.285. The number of hydrogen-bond donors (Lipinski definition) is 1. The van der Waals surface area contributed by atoms with E-state index in [0.717, 1.165) is 38.5 Å². The Morgan fingerprint density at radius 1 is 1.15 bits per heavy atom. The largest absolute Gasteiger partial charge is 0.339 e. The van der Waals surface area contributed by atoms with E-state index >= 15 is 0 Å². The Morgan fingerprint density at radius 3 is 2.40 bits per heavy atom. The third-order valence-electron chi connectivity index (χ3n) is 5.03. The number of likely N-dealkylation sites (N-methyl/N-ethyl adjacent to an activating group) is 1. The maximum Gasteiger partial charge on any atom is 0.236 e. The van der Waals surface area contributed by atoms with Crippen LogP contribution in [0, 0.1) is 5.92 Å². The third-order valence-corrected chi connectivity index (χ3v) is 5.03. The molecule has 116 valence electrons. The van der Waals surface area contributed by atoms with Crippen LogP contribution in [0.2, 0.25) is 0 Å². The first-order valence-electron chi connectivity index (χ1n) is 8.40. The number of hydrogen-bond acceptors (Lipinski definition) is 3. The molecule has 0 aromatic carbocycles. The number of carbonyl (C=O) groups is 1. The Labute approximate surface area is 123 Å². The molecule has 0 bridgehead atoms. The van der Waals surface area contributed by atoms with E-state index in [0.29, 0.717) is 12.6 Å². The van der Waals surface area contributed by atoms with Crippen LogP contribution in [0.25, 0.3) is 0 Å². The number of rotatable bonds is 5. The van der Waals surface area contributed by atoms with Crippen LogP contribution in [0.15, 0.2) is 0 Å². The van der Waals surface area contributed by atoms with Gasteiger partial charge in [0.2, 0.25) is 5.91 Å². The van der Waals surface area contributed by atoms with Gasteiger partial charge in [0.05, 0.1) is 6.54 Å². The summed E-state index contributed by atoms with van der Waals surface area (Å²) in [6, 6.07) is 0.534. The van der Waals surface area contributed by atoms with Crippen LogP contribution in [-0.2, 0) is 4.79 Å². The minimum Gasteiger partial charge on any atom is -0.339 e. The molecular formula is C16H31N3O. The van der Waals surface area contributed by atoms with E-state index in [1.807, 2.05) is 4.90 Å². The average molecular weight is 281 g/mol. The van der Waals surface area contributed by atoms with Crippen molar-refractivity contribution >= 4 is 5.91 Å². The molecule has 4 nitrogen and oxygen atoms in total. The zero-order valence-corrected chi connectivity index (χ0v) is 13.2. The number of amides is 1. The summed E-state index contributed by atoms with van der Waals surface area (Å²) in [7, 11) is 2.12. The van der Waals surface area contributed by atoms with E-state index in [9.17, 15) is 4.79 Å². The van der Waals surface area contributed by atoms with Gasteiger partial charge in [-0.1, -0.05) is 26.2 Å². The van der Waals surface area contributed by atoms with Crippen molar-refractivity contribution in [2.24, 2.45) is 5.92 Å². The highest BCUT2D eigenvalue weighted by molar-refractivity contribution is 5.78. The average Bonchev–Trinajstić information content (AvgIpc) is 2.49. The van der Waals surface area contributed by atoms with Crippen molar-refractivity contribution in [2.45, 2.75) is 51.5 Å². The van der Waals surface area contributed by atoms with Crippen LogP contribution < -0.4 is 5.32 Å². The third kappa shape index (κ3) is 4.45. The number of piperazine rings is 1. The van der Waals surface area contributed by atoms with Crippen LogP contribution >= 0.6 is 0 Å². The zero-order valence-electron chi connectivity index (χ0n) is 13.2. The van der Waals surface area contributed by atoms with Gasteiger partial charge in [-0.25, -0.2) is 0 Å². The molecular weight excluding hydrogens is 250 g/mol. The smallest absolute Gasteiger partial charge is 0.236 e. The highest BCUT2D eigenvalue weighted by Crippen LogP contribution is 2.27. The predicted molar refractivity (Wildman–Crippen MR) is 82.7 cm³/mol. The van der Waals surface area contributed by atoms with E-state index in [1.165, 1.54) is 32.1 Å². The quantitative estimate of drug-likeness (QED) is 0.833. The van der Waals surface area contributed by atoms with Gasteiger partial charge in [0, 0.05) is 32.2 Å². The Balaban J connectivity index is 1.73. The predicted octanol–water partition coefficient (Wildman–Crippen LogP) is 1.71. The first-order valence-corrected chi connectivity index (χ1v) is 8.40. The van der Waals surface area contributed by atoms with E-state index in [1.54, 1.807) is 0 Å². The highest BCUT2D eigenvalue weighted by Gasteiger charge is 2.24. The summed E-state index contributed by atoms with van der Waals surface area (Å²) < 4.78 is 0. The van der Waals surface area contributed by atoms with Gasteiger partial charge in [-0.05, 0) is 32.2 Å². The fourth-order valence-corrected chi connectivity index (χ4v) is 3.57. The second-order valence-electron chi connectivity index (χ2n) is 6.48. The molecule has 20 heavy (non-hydrogen) atoms. The Hall–Kier alpha value is -0.610. The molecule has 1 heterocycles.